The Labute approximate surface area is 280 Å². The van der Waals surface area contributed by atoms with Crippen molar-refractivity contribution in [3.05, 3.63) is 72.3 Å². The molecule has 6 rings (SSSR count). The number of benzene rings is 2. The lowest BCUT2D eigenvalue weighted by Gasteiger charge is -2.44. The zero-order valence-electron chi connectivity index (χ0n) is 27.9. The van der Waals surface area contributed by atoms with Crippen molar-refractivity contribution in [2.24, 2.45) is 0 Å². The number of hydrogen-bond donors (Lipinski definition) is 1. The third-order valence-corrected chi connectivity index (χ3v) is 9.43. The van der Waals surface area contributed by atoms with Crippen LogP contribution in [0.1, 0.15) is 46.6 Å². The smallest absolute Gasteiger partial charge is 0.264 e. The summed E-state index contributed by atoms with van der Waals surface area (Å²) in [6.07, 6.45) is 4.59. The van der Waals surface area contributed by atoms with Crippen molar-refractivity contribution in [2.45, 2.75) is 58.2 Å². The van der Waals surface area contributed by atoms with Crippen molar-refractivity contribution >= 4 is 22.8 Å². The molecule has 2 aliphatic heterocycles. The van der Waals surface area contributed by atoms with Gasteiger partial charge in [-0.3, -0.25) is 14.6 Å². The van der Waals surface area contributed by atoms with Crippen LogP contribution in [0.3, 0.4) is 0 Å². The number of anilines is 1. The Hall–Kier alpha value is -4.86. The molecule has 0 saturated carbocycles. The Balaban J connectivity index is 1.25. The van der Waals surface area contributed by atoms with E-state index in [9.17, 15) is 10.1 Å². The first-order chi connectivity index (χ1) is 23.1. The predicted octanol–water partition coefficient (Wildman–Crippen LogP) is 5.42. The van der Waals surface area contributed by atoms with E-state index in [0.717, 1.165) is 26.2 Å². The topological polar surface area (TPSA) is 129 Å². The number of likely N-dealkylation sites (tertiary alicyclic amines) is 1. The Kier molecular flexibility index (Phi) is 9.44. The number of rotatable bonds is 8. The highest BCUT2D eigenvalue weighted by atomic mass is 19.1. The van der Waals surface area contributed by atoms with E-state index in [1.807, 2.05) is 24.3 Å². The number of piperazine rings is 1. The molecule has 2 fully saturated rings. The van der Waals surface area contributed by atoms with Gasteiger partial charge in [0.2, 0.25) is 0 Å². The Morgan fingerprint density at radius 3 is 2.52 bits per heavy atom. The number of ether oxygens (including phenoxy) is 1. The molecule has 250 valence electrons. The normalized spacial score (nSPS) is 18.3. The van der Waals surface area contributed by atoms with Crippen molar-refractivity contribution in [1.29, 1.82) is 5.26 Å². The van der Waals surface area contributed by atoms with Crippen molar-refractivity contribution in [2.75, 3.05) is 45.0 Å². The number of amides is 1. The van der Waals surface area contributed by atoms with Crippen LogP contribution in [0, 0.1) is 17.1 Å². The molecule has 0 radical (unpaired) electrons. The van der Waals surface area contributed by atoms with Gasteiger partial charge in [0.25, 0.3) is 5.91 Å². The maximum atomic E-state index is 15.7. The zero-order chi connectivity index (χ0) is 34.0. The van der Waals surface area contributed by atoms with Gasteiger partial charge in [0, 0.05) is 62.5 Å². The van der Waals surface area contributed by atoms with Crippen LogP contribution in [-0.2, 0) is 4.79 Å². The number of aromatic nitrogens is 4. The molecule has 48 heavy (non-hydrogen) atoms. The molecule has 2 aromatic heterocycles. The van der Waals surface area contributed by atoms with Gasteiger partial charge in [-0.2, -0.15) is 10.4 Å². The van der Waals surface area contributed by atoms with Gasteiger partial charge in [0.1, 0.15) is 46.8 Å². The monoisotopic (exact) mass is 651 g/mol. The number of para-hydroxylation sites is 1. The summed E-state index contributed by atoms with van der Waals surface area (Å²) in [5.74, 6) is 0.285. The molecule has 2 N–H and O–H groups in total. The molecule has 2 aromatic carbocycles. The van der Waals surface area contributed by atoms with Crippen molar-refractivity contribution in [3.8, 4) is 28.8 Å². The van der Waals surface area contributed by atoms with E-state index in [0.29, 0.717) is 60.2 Å². The maximum absolute atomic E-state index is 15.7. The zero-order valence-corrected chi connectivity index (χ0v) is 27.9. The van der Waals surface area contributed by atoms with Crippen LogP contribution in [-0.4, -0.2) is 91.2 Å². The van der Waals surface area contributed by atoms with E-state index < -0.39 is 11.4 Å². The molecule has 2 saturated heterocycles. The Bertz CT molecular complexity index is 1860. The summed E-state index contributed by atoms with van der Waals surface area (Å²) < 4.78 is 23.2. The molecule has 1 atom stereocenters. The average Bonchev–Trinajstić information content (AvgIpc) is 3.48. The van der Waals surface area contributed by atoms with Crippen LogP contribution in [0.15, 0.2) is 66.5 Å². The number of carbonyl (C=O) groups is 1. The molecular formula is C36H42FN9O2. The summed E-state index contributed by atoms with van der Waals surface area (Å²) in [5.41, 5.74) is 6.99. The van der Waals surface area contributed by atoms with Gasteiger partial charge in [-0.25, -0.2) is 19.0 Å². The molecule has 1 amide bonds. The minimum Gasteiger partial charge on any atom is -0.457 e. The second-order valence-electron chi connectivity index (χ2n) is 13.3. The quantitative estimate of drug-likeness (QED) is 0.196. The highest BCUT2D eigenvalue weighted by molar-refractivity contribution is 5.99. The van der Waals surface area contributed by atoms with E-state index in [4.69, 9.17) is 15.6 Å². The molecule has 11 nitrogen and oxygen atoms in total. The van der Waals surface area contributed by atoms with E-state index in [1.54, 1.807) is 33.8 Å². The fourth-order valence-corrected chi connectivity index (χ4v) is 6.72. The van der Waals surface area contributed by atoms with Crippen LogP contribution in [0.25, 0.3) is 22.3 Å². The van der Waals surface area contributed by atoms with E-state index >= 15 is 4.39 Å². The molecule has 4 aromatic rings. The lowest BCUT2D eigenvalue weighted by molar-refractivity contribution is -0.128. The number of halogens is 1. The average molecular weight is 652 g/mol. The largest absolute Gasteiger partial charge is 0.457 e. The van der Waals surface area contributed by atoms with Crippen LogP contribution in [0.5, 0.6) is 11.5 Å². The second-order valence-corrected chi connectivity index (χ2v) is 13.3. The Morgan fingerprint density at radius 1 is 1.08 bits per heavy atom. The summed E-state index contributed by atoms with van der Waals surface area (Å²) in [5, 5.41) is 15.4. The molecule has 0 bridgehead atoms. The number of fused-ring (bicyclic) bond motifs is 1. The summed E-state index contributed by atoms with van der Waals surface area (Å²) >= 11 is 0. The van der Waals surface area contributed by atoms with Gasteiger partial charge in [-0.15, -0.1) is 0 Å². The first-order valence-electron chi connectivity index (χ1n) is 16.5. The Morgan fingerprint density at radius 2 is 1.83 bits per heavy atom. The van der Waals surface area contributed by atoms with Crippen molar-refractivity contribution in [3.63, 3.8) is 0 Å². The number of nitriles is 1. The maximum Gasteiger partial charge on any atom is 0.264 e. The number of carbonyl (C=O) groups excluding carboxylic acids is 1. The predicted molar refractivity (Wildman–Crippen MR) is 183 cm³/mol. The van der Waals surface area contributed by atoms with E-state index in [1.165, 1.54) is 12.4 Å². The van der Waals surface area contributed by atoms with E-state index in [2.05, 4.69) is 53.5 Å². The lowest BCUT2D eigenvalue weighted by Crippen LogP contribution is -2.55. The first kappa shape index (κ1) is 33.1. The van der Waals surface area contributed by atoms with Gasteiger partial charge in [-0.1, -0.05) is 18.2 Å². The number of nitrogen functional groups attached to an aromatic ring is 1. The summed E-state index contributed by atoms with van der Waals surface area (Å²) in [6.45, 7) is 13.0. The number of nitrogens with two attached hydrogens (primary N) is 1. The van der Waals surface area contributed by atoms with Crippen LogP contribution in [0.4, 0.5) is 10.2 Å². The van der Waals surface area contributed by atoms with Crippen LogP contribution >= 0.6 is 0 Å². The number of nitrogens with zero attached hydrogens (tertiary/aromatic N) is 8. The molecule has 12 heteroatoms. The third-order valence-electron chi connectivity index (χ3n) is 9.43. The lowest BCUT2D eigenvalue weighted by atomic mass is 9.96. The van der Waals surface area contributed by atoms with Gasteiger partial charge in [0.15, 0.2) is 5.65 Å². The fraction of sp³-hybridized carbons (Fsp3) is 0.417. The van der Waals surface area contributed by atoms with Crippen LogP contribution in [0.2, 0.25) is 0 Å². The van der Waals surface area contributed by atoms with Gasteiger partial charge < -0.3 is 15.4 Å². The van der Waals surface area contributed by atoms with Gasteiger partial charge >= 0.3 is 0 Å². The number of hydrogen-bond acceptors (Lipinski definition) is 9. The standard InChI is InChI=1S/C36H42FN9O2/c1-24(2)43-15-17-45(18-16-43)36(3,4)20-25(21-38)35(47)44-14-8-9-26(22-44)46-34-31(33(39)40-23-41-34)32(42-46)29-13-12-28(19-30(29)37)48-27-10-6-5-7-11-27/h5-7,10-13,19-20,23-24,26H,8-9,14-18,22H2,1-4H3,(H2,39,40,41)/b25-20+/t26-/m1/s1. The third kappa shape index (κ3) is 6.74. The van der Waals surface area contributed by atoms with Gasteiger partial charge in [0.05, 0.1) is 11.4 Å². The first-order valence-corrected chi connectivity index (χ1v) is 16.5. The number of piperidine rings is 1. The fourth-order valence-electron chi connectivity index (χ4n) is 6.72. The minimum atomic E-state index is -0.532. The van der Waals surface area contributed by atoms with Crippen LogP contribution < -0.4 is 10.5 Å². The second kappa shape index (κ2) is 13.7. The van der Waals surface area contributed by atoms with Gasteiger partial charge in [-0.05, 0) is 70.9 Å². The van der Waals surface area contributed by atoms with Crippen molar-refractivity contribution < 1.29 is 13.9 Å². The molecule has 2 aliphatic rings. The summed E-state index contributed by atoms with van der Waals surface area (Å²) in [6, 6.07) is 16.2. The van der Waals surface area contributed by atoms with Crippen molar-refractivity contribution in [1.82, 2.24) is 34.4 Å². The minimum absolute atomic E-state index is 0.129. The molecular weight excluding hydrogens is 609 g/mol. The summed E-state index contributed by atoms with van der Waals surface area (Å²) in [4.78, 5) is 29.0. The SMILES string of the molecule is CC(C)N1CCN(C(C)(C)/C=C(\C#N)C(=O)N2CCC[C@@H](n3nc(-c4ccc(Oc5ccccc5)cc4F)c4c(N)ncnc43)C2)CC1. The van der Waals surface area contributed by atoms with E-state index in [-0.39, 0.29) is 28.9 Å². The molecule has 4 heterocycles. The molecule has 0 spiro atoms. The highest BCUT2D eigenvalue weighted by Gasteiger charge is 2.34. The molecule has 0 aliphatic carbocycles. The highest BCUT2D eigenvalue weighted by Crippen LogP contribution is 2.36. The molecule has 0 unspecified atom stereocenters. The summed E-state index contributed by atoms with van der Waals surface area (Å²) in [7, 11) is 0.